The first-order chi connectivity index (χ1) is 10.9. The molecule has 0 saturated heterocycles. The Morgan fingerprint density at radius 3 is 1.18 bits per heavy atom. The van der Waals surface area contributed by atoms with Gasteiger partial charge in [-0.15, -0.1) is 0 Å². The van der Waals surface area contributed by atoms with Gasteiger partial charge >= 0.3 is 130 Å². The van der Waals surface area contributed by atoms with Crippen LogP contribution >= 0.6 is 7.41 Å². The summed E-state index contributed by atoms with van der Waals surface area (Å²) in [5.41, 5.74) is 0. The molecule has 0 atom stereocenters. The van der Waals surface area contributed by atoms with Gasteiger partial charge in [0.05, 0.1) is 0 Å². The van der Waals surface area contributed by atoms with E-state index in [4.69, 9.17) is 0 Å². The average molecular weight is 305 g/mol. The van der Waals surface area contributed by atoms with Gasteiger partial charge in [-0.3, -0.25) is 0 Å². The molecule has 0 aliphatic rings. The van der Waals surface area contributed by atoms with Crippen molar-refractivity contribution in [2.75, 3.05) is 0 Å². The standard InChI is InChI=1S/C19H16NOP/c21-16-20-22(17-10-4-1-5-11-17,18-12-6-2-7-13-18)19-14-8-3-9-15-19/h1-15,22H. The summed E-state index contributed by atoms with van der Waals surface area (Å²) in [7, 11) is -2.72. The van der Waals surface area contributed by atoms with Crippen LogP contribution in [-0.2, 0) is 4.79 Å². The molecule has 0 bridgehead atoms. The molecule has 3 aromatic carbocycles. The van der Waals surface area contributed by atoms with Crippen LogP contribution in [0.15, 0.2) is 95.8 Å². The van der Waals surface area contributed by atoms with Crippen LogP contribution < -0.4 is 15.9 Å². The van der Waals surface area contributed by atoms with Gasteiger partial charge in [0.15, 0.2) is 0 Å². The van der Waals surface area contributed by atoms with Crippen LogP contribution in [0.3, 0.4) is 0 Å². The van der Waals surface area contributed by atoms with E-state index < -0.39 is 7.41 Å². The zero-order chi connectivity index (χ0) is 15.3. The van der Waals surface area contributed by atoms with Gasteiger partial charge in [0.1, 0.15) is 0 Å². The first kappa shape index (κ1) is 14.4. The quantitative estimate of drug-likeness (QED) is 0.414. The van der Waals surface area contributed by atoms with E-state index >= 15 is 0 Å². The van der Waals surface area contributed by atoms with Crippen LogP contribution in [0, 0.1) is 0 Å². The van der Waals surface area contributed by atoms with Crippen molar-refractivity contribution in [2.24, 2.45) is 4.76 Å². The Morgan fingerprint density at radius 2 is 0.909 bits per heavy atom. The zero-order valence-electron chi connectivity index (χ0n) is 12.0. The van der Waals surface area contributed by atoms with Crippen LogP contribution in [0.2, 0.25) is 0 Å². The fourth-order valence-electron chi connectivity index (χ4n) is 2.80. The second-order valence-corrected chi connectivity index (χ2v) is 8.39. The second kappa shape index (κ2) is 6.49. The molecular formula is C19H16NOP. The maximum atomic E-state index is 11.3. The summed E-state index contributed by atoms with van der Waals surface area (Å²) in [6, 6.07) is 30.2. The van der Waals surface area contributed by atoms with Gasteiger partial charge in [-0.1, -0.05) is 0 Å². The van der Waals surface area contributed by atoms with Gasteiger partial charge in [0.25, 0.3) is 0 Å². The van der Waals surface area contributed by atoms with Crippen LogP contribution in [0.5, 0.6) is 0 Å². The van der Waals surface area contributed by atoms with Crippen LogP contribution in [0.1, 0.15) is 0 Å². The molecule has 0 saturated carbocycles. The maximum absolute atomic E-state index is 11.3. The predicted molar refractivity (Wildman–Crippen MR) is 94.7 cm³/mol. The molecule has 0 unspecified atom stereocenters. The summed E-state index contributed by atoms with van der Waals surface area (Å²) < 4.78 is 4.40. The van der Waals surface area contributed by atoms with E-state index in [1.54, 1.807) is 0 Å². The first-order valence-electron chi connectivity index (χ1n) is 7.13. The SMILES string of the molecule is O=C=N[PH](c1ccccc1)(c1ccccc1)c1ccccc1. The second-order valence-electron chi connectivity index (χ2n) is 5.01. The summed E-state index contributed by atoms with van der Waals surface area (Å²) in [6.07, 6.45) is 1.84. The number of rotatable bonds is 4. The Hall–Kier alpha value is -2.53. The summed E-state index contributed by atoms with van der Waals surface area (Å²) >= 11 is 0. The van der Waals surface area contributed by atoms with E-state index in [0.717, 1.165) is 15.9 Å². The zero-order valence-corrected chi connectivity index (χ0v) is 13.0. The van der Waals surface area contributed by atoms with Gasteiger partial charge in [-0.05, 0) is 0 Å². The molecule has 3 aromatic rings. The van der Waals surface area contributed by atoms with Crippen molar-refractivity contribution in [3.8, 4) is 0 Å². The molecule has 0 N–H and O–H groups in total. The Balaban J connectivity index is 2.37. The molecule has 2 nitrogen and oxygen atoms in total. The molecule has 108 valence electrons. The topological polar surface area (TPSA) is 29.4 Å². The molecule has 0 aromatic heterocycles. The molecule has 0 aliphatic heterocycles. The van der Waals surface area contributed by atoms with E-state index in [-0.39, 0.29) is 0 Å². The minimum atomic E-state index is -2.72. The van der Waals surface area contributed by atoms with Crippen molar-refractivity contribution < 1.29 is 4.79 Å². The summed E-state index contributed by atoms with van der Waals surface area (Å²) in [5, 5.41) is 3.24. The fraction of sp³-hybridized carbons (Fsp3) is 0. The number of benzene rings is 3. The third kappa shape index (κ3) is 2.51. The third-order valence-electron chi connectivity index (χ3n) is 3.79. The van der Waals surface area contributed by atoms with Gasteiger partial charge in [0.2, 0.25) is 0 Å². The van der Waals surface area contributed by atoms with Crippen molar-refractivity contribution in [1.29, 1.82) is 0 Å². The number of isocyanates is 1. The molecule has 0 aliphatic carbocycles. The van der Waals surface area contributed by atoms with Crippen molar-refractivity contribution in [3.05, 3.63) is 91.0 Å². The van der Waals surface area contributed by atoms with Crippen molar-refractivity contribution in [2.45, 2.75) is 0 Å². The number of nitrogens with zero attached hydrogens (tertiary/aromatic N) is 1. The van der Waals surface area contributed by atoms with Crippen molar-refractivity contribution in [3.63, 3.8) is 0 Å². The minimum absolute atomic E-state index is 1.08. The predicted octanol–water partition coefficient (Wildman–Crippen LogP) is 2.96. The normalized spacial score (nSPS) is 11.5. The molecule has 22 heavy (non-hydrogen) atoms. The van der Waals surface area contributed by atoms with Gasteiger partial charge in [-0.2, -0.15) is 0 Å². The van der Waals surface area contributed by atoms with E-state index in [9.17, 15) is 4.79 Å². The summed E-state index contributed by atoms with van der Waals surface area (Å²) in [4.78, 5) is 11.3. The summed E-state index contributed by atoms with van der Waals surface area (Å²) in [5.74, 6) is 0. The van der Waals surface area contributed by atoms with Crippen LogP contribution in [-0.4, -0.2) is 6.08 Å². The Labute approximate surface area is 130 Å². The fourth-order valence-corrected chi connectivity index (χ4v) is 6.35. The van der Waals surface area contributed by atoms with E-state index in [1.165, 1.54) is 0 Å². The first-order valence-corrected chi connectivity index (χ1v) is 9.08. The number of carbonyl (C=O) groups excluding carboxylic acids is 1. The van der Waals surface area contributed by atoms with Crippen LogP contribution in [0.4, 0.5) is 0 Å². The molecule has 0 radical (unpaired) electrons. The molecule has 0 fully saturated rings. The third-order valence-corrected chi connectivity index (χ3v) is 7.72. The molecule has 0 amide bonds. The molecule has 0 heterocycles. The molecule has 3 rings (SSSR count). The average Bonchev–Trinajstić information content (AvgIpc) is 2.62. The van der Waals surface area contributed by atoms with E-state index in [0.29, 0.717) is 0 Å². The number of hydrogen-bond donors (Lipinski definition) is 0. The van der Waals surface area contributed by atoms with Crippen molar-refractivity contribution in [1.82, 2.24) is 0 Å². The Bertz CT molecular complexity index is 685. The van der Waals surface area contributed by atoms with Gasteiger partial charge in [0, 0.05) is 0 Å². The number of hydrogen-bond acceptors (Lipinski definition) is 2. The molecule has 0 spiro atoms. The Kier molecular flexibility index (Phi) is 4.25. The van der Waals surface area contributed by atoms with Crippen molar-refractivity contribution >= 4 is 29.4 Å². The van der Waals surface area contributed by atoms with Gasteiger partial charge in [-0.25, -0.2) is 0 Å². The van der Waals surface area contributed by atoms with E-state index in [1.807, 2.05) is 97.1 Å². The van der Waals surface area contributed by atoms with Crippen LogP contribution in [0.25, 0.3) is 0 Å². The summed E-state index contributed by atoms with van der Waals surface area (Å²) in [6.45, 7) is 0. The van der Waals surface area contributed by atoms with E-state index in [2.05, 4.69) is 4.76 Å². The monoisotopic (exact) mass is 305 g/mol. The van der Waals surface area contributed by atoms with Gasteiger partial charge < -0.3 is 0 Å². The molecular weight excluding hydrogens is 289 g/mol. The molecule has 3 heteroatoms. The Morgan fingerprint density at radius 1 is 0.591 bits per heavy atom.